The first-order chi connectivity index (χ1) is 15.6. The SMILES string of the molecule is COc1cc(N2CCN(C)CC2)ccc1Nc1nnc2ccc(=O)n(C3CCCC3)c2n1. The van der Waals surface area contributed by atoms with Gasteiger partial charge < -0.3 is 19.9 Å². The number of ether oxygens (including phenoxy) is 1. The lowest BCUT2D eigenvalue weighted by Gasteiger charge is -2.34. The first-order valence-corrected chi connectivity index (χ1v) is 11.3. The van der Waals surface area contributed by atoms with E-state index >= 15 is 0 Å². The molecule has 0 amide bonds. The van der Waals surface area contributed by atoms with E-state index in [2.05, 4.69) is 43.4 Å². The van der Waals surface area contributed by atoms with E-state index in [1.165, 1.54) is 0 Å². The molecule has 9 nitrogen and oxygen atoms in total. The number of pyridine rings is 1. The first kappa shape index (κ1) is 20.7. The molecule has 2 aliphatic rings. The van der Waals surface area contributed by atoms with Crippen molar-refractivity contribution >= 4 is 28.5 Å². The molecule has 1 N–H and O–H groups in total. The van der Waals surface area contributed by atoms with E-state index in [0.717, 1.165) is 63.2 Å². The molecule has 168 valence electrons. The predicted octanol–water partition coefficient (Wildman–Crippen LogP) is 2.81. The van der Waals surface area contributed by atoms with Crippen LogP contribution in [0.15, 0.2) is 35.1 Å². The molecule has 0 radical (unpaired) electrons. The van der Waals surface area contributed by atoms with Gasteiger partial charge in [-0.25, -0.2) is 0 Å². The van der Waals surface area contributed by atoms with Crippen LogP contribution in [0.1, 0.15) is 31.7 Å². The fourth-order valence-electron chi connectivity index (χ4n) is 4.68. The maximum absolute atomic E-state index is 12.6. The molecule has 32 heavy (non-hydrogen) atoms. The number of nitrogens with zero attached hydrogens (tertiary/aromatic N) is 6. The standard InChI is InChI=1S/C23H29N7O2/c1-28-11-13-29(14-12-28)17-7-8-18(20(15-17)32-2)24-23-25-22-19(26-27-23)9-10-21(31)30(22)16-5-3-4-6-16/h7-10,15-16H,3-6,11-14H2,1-2H3,(H,24,25,27). The van der Waals surface area contributed by atoms with Crippen molar-refractivity contribution in [1.29, 1.82) is 0 Å². The minimum atomic E-state index is -0.0371. The van der Waals surface area contributed by atoms with Crippen molar-refractivity contribution in [2.45, 2.75) is 31.7 Å². The van der Waals surface area contributed by atoms with Gasteiger partial charge in [-0.1, -0.05) is 12.8 Å². The topological polar surface area (TPSA) is 88.4 Å². The van der Waals surface area contributed by atoms with Gasteiger partial charge in [0.1, 0.15) is 11.3 Å². The molecular formula is C23H29N7O2. The van der Waals surface area contributed by atoms with Crippen molar-refractivity contribution in [3.63, 3.8) is 0 Å². The van der Waals surface area contributed by atoms with E-state index in [4.69, 9.17) is 4.74 Å². The van der Waals surface area contributed by atoms with Gasteiger partial charge in [0, 0.05) is 50.0 Å². The molecule has 0 bridgehead atoms. The molecule has 0 atom stereocenters. The Labute approximate surface area is 187 Å². The van der Waals surface area contributed by atoms with Crippen molar-refractivity contribution in [3.8, 4) is 5.75 Å². The summed E-state index contributed by atoms with van der Waals surface area (Å²) in [7, 11) is 3.81. The number of likely N-dealkylation sites (N-methyl/N-ethyl adjacent to an activating group) is 1. The van der Waals surface area contributed by atoms with Crippen LogP contribution in [0.4, 0.5) is 17.3 Å². The molecule has 2 fully saturated rings. The molecule has 1 saturated carbocycles. The van der Waals surface area contributed by atoms with Crippen LogP contribution in [-0.2, 0) is 0 Å². The number of methoxy groups -OCH3 is 1. The molecular weight excluding hydrogens is 406 g/mol. The van der Waals surface area contributed by atoms with E-state index in [1.807, 2.05) is 12.1 Å². The normalized spacial score (nSPS) is 17.8. The number of anilines is 3. The van der Waals surface area contributed by atoms with Crippen molar-refractivity contribution < 1.29 is 4.74 Å². The molecule has 9 heteroatoms. The number of rotatable bonds is 5. The lowest BCUT2D eigenvalue weighted by Crippen LogP contribution is -2.44. The van der Waals surface area contributed by atoms with Gasteiger partial charge in [0.2, 0.25) is 5.95 Å². The zero-order valence-corrected chi connectivity index (χ0v) is 18.6. The van der Waals surface area contributed by atoms with Crippen LogP contribution in [0.3, 0.4) is 0 Å². The quantitative estimate of drug-likeness (QED) is 0.655. The van der Waals surface area contributed by atoms with Gasteiger partial charge in [-0.3, -0.25) is 9.36 Å². The Morgan fingerprint density at radius 2 is 1.81 bits per heavy atom. The van der Waals surface area contributed by atoms with Gasteiger partial charge in [-0.05, 0) is 38.1 Å². The average molecular weight is 436 g/mol. The fourth-order valence-corrected chi connectivity index (χ4v) is 4.68. The minimum absolute atomic E-state index is 0.0371. The highest BCUT2D eigenvalue weighted by Gasteiger charge is 2.21. The predicted molar refractivity (Wildman–Crippen MR) is 125 cm³/mol. The number of nitrogens with one attached hydrogen (secondary N) is 1. The Bertz CT molecular complexity index is 1160. The lowest BCUT2D eigenvalue weighted by atomic mass is 10.2. The second-order valence-electron chi connectivity index (χ2n) is 8.62. The number of piperazine rings is 1. The van der Waals surface area contributed by atoms with E-state index in [9.17, 15) is 4.79 Å². The highest BCUT2D eigenvalue weighted by atomic mass is 16.5. The van der Waals surface area contributed by atoms with Crippen molar-refractivity contribution in [2.24, 2.45) is 0 Å². The van der Waals surface area contributed by atoms with E-state index < -0.39 is 0 Å². The molecule has 1 aliphatic heterocycles. The maximum Gasteiger partial charge on any atom is 0.252 e. The monoisotopic (exact) mass is 435 g/mol. The summed E-state index contributed by atoms with van der Waals surface area (Å²) < 4.78 is 7.44. The third-order valence-corrected chi connectivity index (χ3v) is 6.53. The van der Waals surface area contributed by atoms with E-state index in [0.29, 0.717) is 22.9 Å². The van der Waals surface area contributed by atoms with Gasteiger partial charge in [0.25, 0.3) is 5.56 Å². The van der Waals surface area contributed by atoms with Crippen LogP contribution in [0.5, 0.6) is 5.75 Å². The highest BCUT2D eigenvalue weighted by molar-refractivity contribution is 5.73. The Kier molecular flexibility index (Phi) is 5.65. The summed E-state index contributed by atoms with van der Waals surface area (Å²) in [5.41, 5.74) is 3.06. The highest BCUT2D eigenvalue weighted by Crippen LogP contribution is 2.33. The number of fused-ring (bicyclic) bond motifs is 1. The Hall–Kier alpha value is -3.20. The molecule has 1 aromatic carbocycles. The summed E-state index contributed by atoms with van der Waals surface area (Å²) in [6, 6.07) is 9.53. The summed E-state index contributed by atoms with van der Waals surface area (Å²) in [4.78, 5) is 22.0. The molecule has 0 unspecified atom stereocenters. The third kappa shape index (κ3) is 4.00. The molecule has 2 aromatic heterocycles. The maximum atomic E-state index is 12.6. The third-order valence-electron chi connectivity index (χ3n) is 6.53. The zero-order chi connectivity index (χ0) is 22.1. The van der Waals surface area contributed by atoms with Crippen LogP contribution in [0, 0.1) is 0 Å². The zero-order valence-electron chi connectivity index (χ0n) is 18.6. The fraction of sp³-hybridized carbons (Fsp3) is 0.478. The van der Waals surface area contributed by atoms with Crippen LogP contribution >= 0.6 is 0 Å². The summed E-state index contributed by atoms with van der Waals surface area (Å²) in [6.07, 6.45) is 4.25. The van der Waals surface area contributed by atoms with E-state index in [1.54, 1.807) is 23.8 Å². The van der Waals surface area contributed by atoms with Gasteiger partial charge in [0.15, 0.2) is 5.65 Å². The average Bonchev–Trinajstić information content (AvgIpc) is 3.34. The second kappa shape index (κ2) is 8.74. The summed E-state index contributed by atoms with van der Waals surface area (Å²) in [6.45, 7) is 4.06. The Balaban J connectivity index is 1.45. The summed E-state index contributed by atoms with van der Waals surface area (Å²) in [5, 5.41) is 11.8. The van der Waals surface area contributed by atoms with Gasteiger partial charge in [-0.15, -0.1) is 10.2 Å². The molecule has 1 aliphatic carbocycles. The number of benzene rings is 1. The van der Waals surface area contributed by atoms with Gasteiger partial charge >= 0.3 is 0 Å². The van der Waals surface area contributed by atoms with Crippen LogP contribution in [0.2, 0.25) is 0 Å². The van der Waals surface area contributed by atoms with Crippen molar-refractivity contribution in [1.82, 2.24) is 24.6 Å². The van der Waals surface area contributed by atoms with Crippen LogP contribution in [0.25, 0.3) is 11.2 Å². The Morgan fingerprint density at radius 1 is 1.03 bits per heavy atom. The number of hydrogen-bond acceptors (Lipinski definition) is 8. The summed E-state index contributed by atoms with van der Waals surface area (Å²) >= 11 is 0. The number of aromatic nitrogens is 4. The van der Waals surface area contributed by atoms with Crippen molar-refractivity contribution in [2.75, 3.05) is 50.6 Å². The van der Waals surface area contributed by atoms with Gasteiger partial charge in [-0.2, -0.15) is 4.98 Å². The second-order valence-corrected chi connectivity index (χ2v) is 8.62. The van der Waals surface area contributed by atoms with E-state index in [-0.39, 0.29) is 11.6 Å². The van der Waals surface area contributed by atoms with Crippen LogP contribution in [-0.4, -0.2) is 65.0 Å². The summed E-state index contributed by atoms with van der Waals surface area (Å²) in [5.74, 6) is 1.06. The molecule has 3 aromatic rings. The number of hydrogen-bond donors (Lipinski definition) is 1. The minimum Gasteiger partial charge on any atom is -0.494 e. The van der Waals surface area contributed by atoms with Gasteiger partial charge in [0.05, 0.1) is 12.8 Å². The largest absolute Gasteiger partial charge is 0.494 e. The molecule has 0 spiro atoms. The van der Waals surface area contributed by atoms with Crippen molar-refractivity contribution in [3.05, 3.63) is 40.7 Å². The molecule has 1 saturated heterocycles. The molecule has 5 rings (SSSR count). The lowest BCUT2D eigenvalue weighted by molar-refractivity contribution is 0.312. The Morgan fingerprint density at radius 3 is 2.56 bits per heavy atom. The van der Waals surface area contributed by atoms with Crippen LogP contribution < -0.4 is 20.5 Å². The smallest absolute Gasteiger partial charge is 0.252 e. The first-order valence-electron chi connectivity index (χ1n) is 11.3. The molecule has 3 heterocycles.